The number of hydrogen-bond donors (Lipinski definition) is 3. The van der Waals surface area contributed by atoms with Gasteiger partial charge < -0.3 is 29.2 Å². The van der Waals surface area contributed by atoms with Gasteiger partial charge in [0.15, 0.2) is 0 Å². The van der Waals surface area contributed by atoms with E-state index in [4.69, 9.17) is 14.5 Å². The Bertz CT molecular complexity index is 3020. The predicted molar refractivity (Wildman–Crippen MR) is 310 cm³/mol. The molecule has 0 radical (unpaired) electrons. The summed E-state index contributed by atoms with van der Waals surface area (Å²) in [6.45, 7) is 20.8. The molecule has 8 fully saturated rings. The molecule has 2 aliphatic carbocycles. The van der Waals surface area contributed by atoms with Gasteiger partial charge in [-0.15, -0.1) is 0 Å². The first-order valence-corrected chi connectivity index (χ1v) is 30.9. The fourth-order valence-corrected chi connectivity index (χ4v) is 15.5. The molecule has 3 amide bonds. The molecular formula is C64H86N10O6. The number of esters is 1. The van der Waals surface area contributed by atoms with E-state index in [2.05, 4.69) is 130 Å². The number of carbonyl (C=O) groups is 4. The molecule has 9 aliphatic rings. The van der Waals surface area contributed by atoms with Crippen LogP contribution in [-0.4, -0.2) is 168 Å². The number of ether oxygens (including phenoxy) is 2. The van der Waals surface area contributed by atoms with Gasteiger partial charge in [0, 0.05) is 98.7 Å². The van der Waals surface area contributed by atoms with Gasteiger partial charge in [-0.1, -0.05) is 70.9 Å². The van der Waals surface area contributed by atoms with Crippen molar-refractivity contribution in [2.75, 3.05) is 83.6 Å². The number of rotatable bonds is 10. The second-order valence-corrected chi connectivity index (χ2v) is 26.8. The van der Waals surface area contributed by atoms with Gasteiger partial charge in [0.25, 0.3) is 5.91 Å². The minimum atomic E-state index is -0.891. The van der Waals surface area contributed by atoms with Gasteiger partial charge in [0.05, 0.1) is 55.2 Å². The number of nitrogens with one attached hydrogen (secondary N) is 3. The van der Waals surface area contributed by atoms with Gasteiger partial charge in [0.1, 0.15) is 18.1 Å². The fourth-order valence-electron chi connectivity index (χ4n) is 15.5. The van der Waals surface area contributed by atoms with Crippen LogP contribution in [-0.2, 0) is 48.0 Å². The summed E-state index contributed by atoms with van der Waals surface area (Å²) >= 11 is 0. The van der Waals surface area contributed by atoms with E-state index in [1.165, 1.54) is 18.4 Å². The zero-order chi connectivity index (χ0) is 55.0. The standard InChI is InChI=1S/C64H86N10O6/c1-6-73-53-19-18-45-31-48(53)50(58(73)49-32-46(34-65-54(49)40(2)3)70-26-25-69-27-28-79-36-47(69)35-70)33-63(4,5)39-80-62(78)51-15-10-22-74(68-51)60(76)52(30-41-11-9-14-44(45)29-41)66-59(75)57(43-12-7-8-13-43)71-23-20-64(37-71)21-24-72(38-64)61(77)56-55(67-56)42-16-17-42/h9,11,14,18-19,29,31-32,34,40,42-43,47,51-52,55-57,67-68H,6-8,10,12-13,15-17,20-28,30,33,35-39H2,1-5H3,(H,66,75)/t47-,51-,52-,55+,56+,57-,64-/m0/s1. The molecule has 7 aliphatic heterocycles. The van der Waals surface area contributed by atoms with Crippen LogP contribution < -0.4 is 21.0 Å². The van der Waals surface area contributed by atoms with Crippen LogP contribution in [0.1, 0.15) is 122 Å². The summed E-state index contributed by atoms with van der Waals surface area (Å²) in [4.78, 5) is 73.3. The van der Waals surface area contributed by atoms with E-state index < -0.39 is 17.5 Å². The SMILES string of the molecule is CCn1c(-c2cc(N3CCN4CCOC[C@@H]4C3)cnc2C(C)C)c2c3cc(ccc31)-c1cccc(c1)C[C@H](NC(=O)[C@H](C1CCCC1)N1CC[C@]3(CCN(C(=O)[C@@H]4N[C@@H]4C4CC4)C3)C1)C(=O)N1CCC[C@H](N1)C(=O)OCC(C)(C)C2. The first-order valence-electron chi connectivity index (χ1n) is 30.9. The molecular weight excluding hydrogens is 1000 g/mol. The zero-order valence-electron chi connectivity index (χ0n) is 48.1. The normalized spacial score (nSPS) is 29.1. The summed E-state index contributed by atoms with van der Waals surface area (Å²) in [5, 5.41) is 9.63. The Hall–Kier alpha value is -5.39. The van der Waals surface area contributed by atoms with Crippen LogP contribution in [0.15, 0.2) is 54.7 Å². The van der Waals surface area contributed by atoms with Crippen LogP contribution in [0.3, 0.4) is 0 Å². The van der Waals surface area contributed by atoms with E-state index in [9.17, 15) is 9.59 Å². The van der Waals surface area contributed by atoms with Crippen molar-refractivity contribution in [2.24, 2.45) is 22.7 Å². The van der Waals surface area contributed by atoms with E-state index in [0.717, 1.165) is 161 Å². The summed E-state index contributed by atoms with van der Waals surface area (Å²) in [5.74, 6) is 0.541. The van der Waals surface area contributed by atoms with E-state index in [1.54, 1.807) is 5.01 Å². The van der Waals surface area contributed by atoms with Gasteiger partial charge in [-0.3, -0.25) is 44.3 Å². The lowest BCUT2D eigenvalue weighted by Crippen LogP contribution is -2.62. The van der Waals surface area contributed by atoms with Crippen molar-refractivity contribution in [3.63, 3.8) is 0 Å². The van der Waals surface area contributed by atoms with Gasteiger partial charge in [-0.05, 0) is 129 Å². The topological polar surface area (TPSA) is 167 Å². The number of cyclic esters (lactones) is 1. The Morgan fingerprint density at radius 1 is 0.900 bits per heavy atom. The van der Waals surface area contributed by atoms with Crippen LogP contribution in [0.2, 0.25) is 0 Å². The molecule has 7 atom stereocenters. The average molecular weight is 1090 g/mol. The van der Waals surface area contributed by atoms with Crippen molar-refractivity contribution < 1.29 is 28.7 Å². The third kappa shape index (κ3) is 10.6. The van der Waals surface area contributed by atoms with Crippen LogP contribution in [0.5, 0.6) is 0 Å². The summed E-state index contributed by atoms with van der Waals surface area (Å²) in [5.41, 5.74) is 12.7. The Morgan fingerprint density at radius 3 is 2.54 bits per heavy atom. The van der Waals surface area contributed by atoms with Crippen LogP contribution >= 0.6 is 0 Å². The lowest BCUT2D eigenvalue weighted by molar-refractivity contribution is -0.155. The Labute approximate surface area is 473 Å². The van der Waals surface area contributed by atoms with Crippen LogP contribution in [0, 0.1) is 22.7 Å². The highest BCUT2D eigenvalue weighted by Gasteiger charge is 2.55. The van der Waals surface area contributed by atoms with E-state index in [1.807, 2.05) is 0 Å². The maximum atomic E-state index is 15.3. The van der Waals surface area contributed by atoms with Crippen LogP contribution in [0.25, 0.3) is 33.3 Å². The summed E-state index contributed by atoms with van der Waals surface area (Å²) < 4.78 is 14.8. The zero-order valence-corrected chi connectivity index (χ0v) is 48.1. The maximum absolute atomic E-state index is 15.3. The van der Waals surface area contributed by atoms with Crippen molar-refractivity contribution in [3.05, 3.63) is 71.5 Å². The number of morpholine rings is 1. The monoisotopic (exact) mass is 1090 g/mol. The maximum Gasteiger partial charge on any atom is 0.324 e. The molecule has 80 heavy (non-hydrogen) atoms. The molecule has 1 spiro atoms. The minimum Gasteiger partial charge on any atom is -0.464 e. The number of hydrogen-bond acceptors (Lipinski definition) is 12. The number of carbonyl (C=O) groups excluding carboxylic acids is 4. The van der Waals surface area contributed by atoms with Crippen molar-refractivity contribution in [3.8, 4) is 22.4 Å². The van der Waals surface area contributed by atoms with Crippen molar-refractivity contribution >= 4 is 40.3 Å². The largest absolute Gasteiger partial charge is 0.464 e. The van der Waals surface area contributed by atoms with Crippen molar-refractivity contribution in [1.82, 2.24) is 45.3 Å². The molecule has 6 bridgehead atoms. The molecule has 4 aromatic rings. The summed E-state index contributed by atoms with van der Waals surface area (Å²) in [7, 11) is 0. The smallest absolute Gasteiger partial charge is 0.324 e. The van der Waals surface area contributed by atoms with Crippen molar-refractivity contribution in [1.29, 1.82) is 0 Å². The number of aryl methyl sites for hydroxylation is 1. The second-order valence-electron chi connectivity index (χ2n) is 26.8. The number of hydrazine groups is 1. The van der Waals surface area contributed by atoms with Gasteiger partial charge in [-0.25, -0.2) is 5.43 Å². The fraction of sp³-hybridized carbons (Fsp3) is 0.641. The molecule has 428 valence electrons. The summed E-state index contributed by atoms with van der Waals surface area (Å²) in [6, 6.07) is 16.4. The van der Waals surface area contributed by atoms with Crippen LogP contribution in [0.4, 0.5) is 5.69 Å². The van der Waals surface area contributed by atoms with E-state index >= 15 is 9.59 Å². The molecule has 13 rings (SSSR count). The highest BCUT2D eigenvalue weighted by Crippen LogP contribution is 2.46. The van der Waals surface area contributed by atoms with Gasteiger partial charge >= 0.3 is 5.97 Å². The number of nitrogens with zero attached hydrogens (tertiary/aromatic N) is 7. The quantitative estimate of drug-likeness (QED) is 0.111. The molecule has 6 saturated heterocycles. The molecule has 2 saturated carbocycles. The number of likely N-dealkylation sites (tertiary alicyclic amines) is 2. The molecule has 3 N–H and O–H groups in total. The number of benzene rings is 2. The lowest BCUT2D eigenvalue weighted by Gasteiger charge is -2.44. The second kappa shape index (κ2) is 21.7. The lowest BCUT2D eigenvalue weighted by atomic mass is 9.83. The molecule has 16 heteroatoms. The Morgan fingerprint density at radius 2 is 1.73 bits per heavy atom. The molecule has 0 unspecified atom stereocenters. The molecule has 16 nitrogen and oxygen atoms in total. The molecule has 2 aromatic carbocycles. The number of aromatic nitrogens is 2. The van der Waals surface area contributed by atoms with Gasteiger partial charge in [-0.2, -0.15) is 0 Å². The predicted octanol–water partition coefficient (Wildman–Crippen LogP) is 6.92. The van der Waals surface area contributed by atoms with E-state index in [0.29, 0.717) is 43.8 Å². The third-order valence-corrected chi connectivity index (χ3v) is 20.0. The number of piperazine rings is 1. The van der Waals surface area contributed by atoms with Crippen molar-refractivity contribution in [2.45, 2.75) is 160 Å². The number of amides is 3. The number of fused-ring (bicyclic) bond motifs is 7. The Balaban J connectivity index is 0.833. The molecule has 2 aromatic heterocycles. The first-order chi connectivity index (χ1) is 38.7. The minimum absolute atomic E-state index is 0.0240. The van der Waals surface area contributed by atoms with Gasteiger partial charge in [0.2, 0.25) is 11.8 Å². The Kier molecular flexibility index (Phi) is 14.6. The number of anilines is 1. The summed E-state index contributed by atoms with van der Waals surface area (Å²) in [6.07, 6.45) is 12.6. The highest BCUT2D eigenvalue weighted by atomic mass is 16.5. The van der Waals surface area contributed by atoms with E-state index in [-0.39, 0.29) is 66.1 Å². The highest BCUT2D eigenvalue weighted by molar-refractivity contribution is 5.96. The third-order valence-electron chi connectivity index (χ3n) is 20.0. The first kappa shape index (κ1) is 53.9. The number of pyridine rings is 1. The average Bonchev–Trinajstić information content (AvgIpc) is 4.45. The molecule has 9 heterocycles.